The quantitative estimate of drug-likeness (QED) is 0.455. The van der Waals surface area contributed by atoms with Gasteiger partial charge < -0.3 is 9.47 Å². The third-order valence-electron chi connectivity index (χ3n) is 3.54. The number of Topliss-reactive ketones (excluding diaryl/α,β-unsaturated/α-hetero) is 1. The summed E-state index contributed by atoms with van der Waals surface area (Å²) in [6.07, 6.45) is 3.59. The number of carbonyl (C=O) groups is 2. The van der Waals surface area contributed by atoms with Gasteiger partial charge in [0, 0.05) is 0 Å². The molecule has 1 aliphatic carbocycles. The second kappa shape index (κ2) is 6.55. The summed E-state index contributed by atoms with van der Waals surface area (Å²) >= 11 is 0. The van der Waals surface area contributed by atoms with Crippen molar-refractivity contribution in [2.24, 2.45) is 5.92 Å². The Labute approximate surface area is 119 Å². The van der Waals surface area contributed by atoms with Gasteiger partial charge in [0.15, 0.2) is 0 Å². The van der Waals surface area contributed by atoms with Crippen LogP contribution in [0.25, 0.3) is 0 Å². The van der Waals surface area contributed by atoms with Crippen molar-refractivity contribution >= 4 is 11.8 Å². The first-order chi connectivity index (χ1) is 9.61. The average Bonchev–Trinajstić information content (AvgIpc) is 2.38. The first kappa shape index (κ1) is 14.6. The Hall–Kier alpha value is -1.84. The largest absolute Gasteiger partial charge is 0.493 e. The third-order valence-corrected chi connectivity index (χ3v) is 3.54. The smallest absolute Gasteiger partial charge is 0.379 e. The molecule has 1 aliphatic rings. The first-order valence-electron chi connectivity index (χ1n) is 7.06. The molecule has 0 aromatic heterocycles. The molecule has 1 aromatic carbocycles. The van der Waals surface area contributed by atoms with Crippen LogP contribution in [0.2, 0.25) is 0 Å². The Kier molecular flexibility index (Phi) is 4.77. The van der Waals surface area contributed by atoms with Gasteiger partial charge in [0.2, 0.25) is 0 Å². The predicted molar refractivity (Wildman–Crippen MR) is 75.0 cm³/mol. The van der Waals surface area contributed by atoms with Crippen LogP contribution in [-0.4, -0.2) is 25.0 Å². The van der Waals surface area contributed by atoms with Crippen LogP contribution in [0.4, 0.5) is 0 Å². The van der Waals surface area contributed by atoms with E-state index in [2.05, 4.69) is 0 Å². The van der Waals surface area contributed by atoms with Gasteiger partial charge >= 0.3 is 5.97 Å². The Morgan fingerprint density at radius 3 is 2.65 bits per heavy atom. The van der Waals surface area contributed by atoms with E-state index in [4.69, 9.17) is 9.47 Å². The highest BCUT2D eigenvalue weighted by molar-refractivity contribution is 6.41. The van der Waals surface area contributed by atoms with E-state index >= 15 is 0 Å². The minimum absolute atomic E-state index is 0.189. The summed E-state index contributed by atoms with van der Waals surface area (Å²) in [6.45, 7) is 4.34. The normalized spacial score (nSPS) is 14.5. The minimum atomic E-state index is -0.827. The van der Waals surface area contributed by atoms with Crippen molar-refractivity contribution in [3.63, 3.8) is 0 Å². The monoisotopic (exact) mass is 276 g/mol. The van der Waals surface area contributed by atoms with Gasteiger partial charge in [0.1, 0.15) is 5.75 Å². The minimum Gasteiger partial charge on any atom is -0.493 e. The highest BCUT2D eigenvalue weighted by atomic mass is 16.5. The van der Waals surface area contributed by atoms with Crippen LogP contribution in [0, 0.1) is 12.8 Å². The van der Waals surface area contributed by atoms with E-state index < -0.39 is 11.8 Å². The Balaban J connectivity index is 2.13. The summed E-state index contributed by atoms with van der Waals surface area (Å²) in [7, 11) is 0. The van der Waals surface area contributed by atoms with Gasteiger partial charge in [-0.05, 0) is 44.7 Å². The summed E-state index contributed by atoms with van der Waals surface area (Å²) in [5.41, 5.74) is 1.21. The van der Waals surface area contributed by atoms with Crippen LogP contribution in [0.15, 0.2) is 18.2 Å². The molecule has 2 rings (SSSR count). The number of ether oxygens (including phenoxy) is 2. The number of ketones is 1. The van der Waals surface area contributed by atoms with Crippen molar-refractivity contribution in [1.82, 2.24) is 0 Å². The number of aryl methyl sites for hydroxylation is 1. The Bertz CT molecular complexity index is 503. The topological polar surface area (TPSA) is 52.6 Å². The SMILES string of the molecule is CCOC(=O)C(=O)c1cc(C)ccc1OCC1CCC1. The van der Waals surface area contributed by atoms with E-state index in [0.29, 0.717) is 23.8 Å². The molecule has 0 aliphatic heterocycles. The van der Waals surface area contributed by atoms with Crippen LogP contribution in [0.5, 0.6) is 5.75 Å². The van der Waals surface area contributed by atoms with Crippen molar-refractivity contribution in [3.8, 4) is 5.75 Å². The fourth-order valence-corrected chi connectivity index (χ4v) is 2.12. The lowest BCUT2D eigenvalue weighted by Gasteiger charge is -2.25. The van der Waals surface area contributed by atoms with Gasteiger partial charge in [-0.1, -0.05) is 18.1 Å². The molecule has 0 heterocycles. The molecule has 0 unspecified atom stereocenters. The number of rotatable bonds is 6. The van der Waals surface area contributed by atoms with Crippen LogP contribution in [0.3, 0.4) is 0 Å². The van der Waals surface area contributed by atoms with Crippen LogP contribution in [0.1, 0.15) is 42.1 Å². The van der Waals surface area contributed by atoms with Crippen molar-refractivity contribution < 1.29 is 19.1 Å². The van der Waals surface area contributed by atoms with Crippen molar-refractivity contribution in [2.75, 3.05) is 13.2 Å². The first-order valence-corrected chi connectivity index (χ1v) is 7.06. The highest BCUT2D eigenvalue weighted by Crippen LogP contribution is 2.28. The fraction of sp³-hybridized carbons (Fsp3) is 0.500. The summed E-state index contributed by atoms with van der Waals surface area (Å²) in [5, 5.41) is 0. The summed E-state index contributed by atoms with van der Waals surface area (Å²) < 4.78 is 10.5. The molecular weight excluding hydrogens is 256 g/mol. The number of carbonyl (C=O) groups excluding carboxylic acids is 2. The van der Waals surface area contributed by atoms with E-state index in [1.807, 2.05) is 13.0 Å². The van der Waals surface area contributed by atoms with E-state index in [1.165, 1.54) is 19.3 Å². The molecule has 20 heavy (non-hydrogen) atoms. The van der Waals surface area contributed by atoms with Gasteiger partial charge in [0.25, 0.3) is 5.78 Å². The molecule has 0 spiro atoms. The predicted octanol–water partition coefficient (Wildman–Crippen LogP) is 2.92. The maximum absolute atomic E-state index is 12.1. The molecule has 0 atom stereocenters. The third kappa shape index (κ3) is 3.38. The molecule has 1 aromatic rings. The summed E-state index contributed by atoms with van der Waals surface area (Å²) in [6, 6.07) is 5.30. The molecule has 108 valence electrons. The van der Waals surface area contributed by atoms with Crippen molar-refractivity contribution in [2.45, 2.75) is 33.1 Å². The average molecular weight is 276 g/mol. The molecule has 0 saturated heterocycles. The summed E-state index contributed by atoms with van der Waals surface area (Å²) in [4.78, 5) is 23.7. The molecule has 1 fully saturated rings. The van der Waals surface area contributed by atoms with E-state index in [1.54, 1.807) is 19.1 Å². The van der Waals surface area contributed by atoms with Crippen molar-refractivity contribution in [1.29, 1.82) is 0 Å². The zero-order chi connectivity index (χ0) is 14.5. The fourth-order valence-electron chi connectivity index (χ4n) is 2.12. The Morgan fingerprint density at radius 1 is 1.30 bits per heavy atom. The second-order valence-corrected chi connectivity index (χ2v) is 5.16. The van der Waals surface area contributed by atoms with Crippen LogP contribution < -0.4 is 4.74 Å². The Morgan fingerprint density at radius 2 is 2.05 bits per heavy atom. The van der Waals surface area contributed by atoms with E-state index in [9.17, 15) is 9.59 Å². The molecule has 0 N–H and O–H groups in total. The number of hydrogen-bond acceptors (Lipinski definition) is 4. The van der Waals surface area contributed by atoms with Gasteiger partial charge in [-0.2, -0.15) is 0 Å². The maximum Gasteiger partial charge on any atom is 0.379 e. The lowest BCUT2D eigenvalue weighted by atomic mass is 9.86. The van der Waals surface area contributed by atoms with Crippen molar-refractivity contribution in [3.05, 3.63) is 29.3 Å². The molecule has 4 nitrogen and oxygen atoms in total. The number of benzene rings is 1. The zero-order valence-electron chi connectivity index (χ0n) is 12.0. The lowest BCUT2D eigenvalue weighted by Crippen LogP contribution is -2.22. The molecule has 4 heteroatoms. The van der Waals surface area contributed by atoms with E-state index in [-0.39, 0.29) is 6.61 Å². The highest BCUT2D eigenvalue weighted by Gasteiger charge is 2.23. The standard InChI is InChI=1S/C16H20O4/c1-3-19-16(18)15(17)13-9-11(2)7-8-14(13)20-10-12-5-4-6-12/h7-9,12H,3-6,10H2,1-2H3. The molecule has 0 bridgehead atoms. The van der Waals surface area contributed by atoms with Crippen LogP contribution >= 0.6 is 0 Å². The second-order valence-electron chi connectivity index (χ2n) is 5.16. The molecule has 1 saturated carbocycles. The molecule has 0 amide bonds. The van der Waals surface area contributed by atoms with Gasteiger partial charge in [-0.15, -0.1) is 0 Å². The van der Waals surface area contributed by atoms with Crippen LogP contribution in [-0.2, 0) is 9.53 Å². The molecule has 0 radical (unpaired) electrons. The lowest BCUT2D eigenvalue weighted by molar-refractivity contribution is -0.137. The summed E-state index contributed by atoms with van der Waals surface area (Å²) in [5.74, 6) is -0.423. The number of esters is 1. The van der Waals surface area contributed by atoms with E-state index in [0.717, 1.165) is 5.56 Å². The zero-order valence-corrected chi connectivity index (χ0v) is 12.0. The van der Waals surface area contributed by atoms with Gasteiger partial charge in [-0.25, -0.2) is 4.79 Å². The van der Waals surface area contributed by atoms with Gasteiger partial charge in [0.05, 0.1) is 18.8 Å². The molecular formula is C16H20O4. The van der Waals surface area contributed by atoms with Gasteiger partial charge in [-0.3, -0.25) is 4.79 Å². The number of hydrogen-bond donors (Lipinski definition) is 0. The maximum atomic E-state index is 12.1.